The van der Waals surface area contributed by atoms with E-state index in [1.54, 1.807) is 0 Å². The van der Waals surface area contributed by atoms with Crippen LogP contribution in [-0.2, 0) is 5.41 Å². The van der Waals surface area contributed by atoms with E-state index in [2.05, 4.69) is 90.1 Å². The van der Waals surface area contributed by atoms with Crippen molar-refractivity contribution < 1.29 is 0 Å². The molecule has 0 unspecified atom stereocenters. The van der Waals surface area contributed by atoms with E-state index in [0.29, 0.717) is 17.5 Å². The first-order chi connectivity index (χ1) is 22.6. The molecule has 1 aliphatic carbocycles. The van der Waals surface area contributed by atoms with E-state index >= 15 is 0 Å². The summed E-state index contributed by atoms with van der Waals surface area (Å²) in [6.45, 7) is 4.66. The highest BCUT2D eigenvalue weighted by Crippen LogP contribution is 2.52. The van der Waals surface area contributed by atoms with Crippen LogP contribution in [0.3, 0.4) is 0 Å². The standard InChI is InChI=1S/C41H29N5/c1-41(2)34-22-23-42-25-33(34)31-20-21-32-30-18-9-10-19-35(30)46(37(32)36(31)41)29-17-11-16-28(24-29)40-44-38(26-12-5-3-6-13-26)43-39(45-40)27-14-7-4-8-15-27/h3-25H,1-2H3. The fraction of sp³-hybridized carbons (Fsp3) is 0.0732. The third-order valence-corrected chi connectivity index (χ3v) is 9.31. The van der Waals surface area contributed by atoms with Gasteiger partial charge in [0.15, 0.2) is 17.5 Å². The summed E-state index contributed by atoms with van der Waals surface area (Å²) in [6, 6.07) is 44.2. The Kier molecular flexibility index (Phi) is 5.78. The number of nitrogens with zero attached hydrogens (tertiary/aromatic N) is 5. The van der Waals surface area contributed by atoms with Gasteiger partial charge in [0.05, 0.1) is 11.0 Å². The Balaban J connectivity index is 1.30. The Morgan fingerprint density at radius 1 is 0.543 bits per heavy atom. The molecule has 46 heavy (non-hydrogen) atoms. The van der Waals surface area contributed by atoms with Crippen molar-refractivity contribution in [1.29, 1.82) is 0 Å². The number of fused-ring (bicyclic) bond motifs is 7. The van der Waals surface area contributed by atoms with Crippen LogP contribution in [0.2, 0.25) is 0 Å². The third-order valence-electron chi connectivity index (χ3n) is 9.31. The Labute approximate surface area is 266 Å². The molecule has 0 amide bonds. The SMILES string of the molecule is CC1(C)c2ccncc2-c2ccc3c4ccccc4n(-c4cccc(-c5nc(-c6ccccc6)nc(-c6ccccc6)n5)c4)c3c21. The average Bonchev–Trinajstić information content (AvgIpc) is 3.57. The summed E-state index contributed by atoms with van der Waals surface area (Å²) in [5, 5.41) is 2.47. The normalized spacial score (nSPS) is 13.2. The lowest BCUT2D eigenvalue weighted by Gasteiger charge is -2.23. The Bertz CT molecular complexity index is 2380. The number of benzene rings is 5. The smallest absolute Gasteiger partial charge is 0.164 e. The maximum Gasteiger partial charge on any atom is 0.164 e. The molecule has 5 aromatic carbocycles. The van der Waals surface area contributed by atoms with Crippen molar-refractivity contribution in [3.63, 3.8) is 0 Å². The van der Waals surface area contributed by atoms with Gasteiger partial charge in [-0.3, -0.25) is 4.98 Å². The van der Waals surface area contributed by atoms with Crippen molar-refractivity contribution >= 4 is 21.8 Å². The molecule has 0 saturated carbocycles. The van der Waals surface area contributed by atoms with Gasteiger partial charge in [-0.2, -0.15) is 0 Å². The zero-order valence-corrected chi connectivity index (χ0v) is 25.5. The number of rotatable bonds is 4. The number of hydrogen-bond acceptors (Lipinski definition) is 4. The molecule has 8 aromatic rings. The van der Waals surface area contributed by atoms with Gasteiger partial charge in [-0.1, -0.05) is 117 Å². The molecule has 218 valence electrons. The zero-order chi connectivity index (χ0) is 30.8. The lowest BCUT2D eigenvalue weighted by molar-refractivity contribution is 0.663. The molecule has 5 nitrogen and oxygen atoms in total. The predicted octanol–water partition coefficient (Wildman–Crippen LogP) is 9.67. The lowest BCUT2D eigenvalue weighted by atomic mass is 9.81. The van der Waals surface area contributed by atoms with E-state index in [0.717, 1.165) is 22.4 Å². The van der Waals surface area contributed by atoms with Crippen molar-refractivity contribution in [2.24, 2.45) is 0 Å². The molecule has 1 aliphatic rings. The van der Waals surface area contributed by atoms with Crippen LogP contribution in [-0.4, -0.2) is 24.5 Å². The maximum atomic E-state index is 5.02. The lowest BCUT2D eigenvalue weighted by Crippen LogP contribution is -2.16. The Morgan fingerprint density at radius 3 is 1.89 bits per heavy atom. The van der Waals surface area contributed by atoms with Crippen molar-refractivity contribution in [3.8, 4) is 51.0 Å². The average molecular weight is 592 g/mol. The number of hydrogen-bond donors (Lipinski definition) is 0. The first kappa shape index (κ1) is 26.5. The monoisotopic (exact) mass is 591 g/mol. The molecular weight excluding hydrogens is 562 g/mol. The minimum absolute atomic E-state index is 0.194. The summed E-state index contributed by atoms with van der Waals surface area (Å²) in [5.41, 5.74) is 11.2. The first-order valence-corrected chi connectivity index (χ1v) is 15.6. The summed E-state index contributed by atoms with van der Waals surface area (Å²) < 4.78 is 2.42. The van der Waals surface area contributed by atoms with Crippen molar-refractivity contribution in [2.75, 3.05) is 0 Å². The molecular formula is C41H29N5. The van der Waals surface area contributed by atoms with Crippen LogP contribution in [0.4, 0.5) is 0 Å². The molecule has 9 rings (SSSR count). The first-order valence-electron chi connectivity index (χ1n) is 15.6. The molecule has 0 spiro atoms. The summed E-state index contributed by atoms with van der Waals surface area (Å²) in [5.74, 6) is 1.94. The second-order valence-corrected chi connectivity index (χ2v) is 12.4. The molecule has 0 radical (unpaired) electrons. The Hall–Kier alpha value is -5.94. The van der Waals surface area contributed by atoms with Crippen LogP contribution in [0, 0.1) is 0 Å². The molecule has 0 bridgehead atoms. The van der Waals surface area contributed by atoms with Gasteiger partial charge in [-0.15, -0.1) is 0 Å². The van der Waals surface area contributed by atoms with E-state index in [9.17, 15) is 0 Å². The van der Waals surface area contributed by atoms with Gasteiger partial charge in [0.2, 0.25) is 0 Å². The molecule has 3 aromatic heterocycles. The highest BCUT2D eigenvalue weighted by molar-refractivity contribution is 6.13. The molecule has 0 atom stereocenters. The summed E-state index contributed by atoms with van der Waals surface area (Å²) >= 11 is 0. The van der Waals surface area contributed by atoms with Gasteiger partial charge < -0.3 is 4.57 Å². The van der Waals surface area contributed by atoms with E-state index in [1.807, 2.05) is 73.1 Å². The third kappa shape index (κ3) is 3.95. The van der Waals surface area contributed by atoms with E-state index < -0.39 is 0 Å². The minimum atomic E-state index is -0.194. The summed E-state index contributed by atoms with van der Waals surface area (Å²) in [6.07, 6.45) is 3.92. The highest BCUT2D eigenvalue weighted by Gasteiger charge is 2.38. The van der Waals surface area contributed by atoms with Crippen LogP contribution in [0.1, 0.15) is 25.0 Å². The largest absolute Gasteiger partial charge is 0.309 e. The molecule has 0 fully saturated rings. The van der Waals surface area contributed by atoms with Gasteiger partial charge in [0.25, 0.3) is 0 Å². The fourth-order valence-electron chi connectivity index (χ4n) is 7.19. The quantitative estimate of drug-likeness (QED) is 0.204. The van der Waals surface area contributed by atoms with Crippen LogP contribution in [0.5, 0.6) is 0 Å². The highest BCUT2D eigenvalue weighted by atomic mass is 15.0. The second kappa shape index (κ2) is 10.0. The molecule has 0 saturated heterocycles. The van der Waals surface area contributed by atoms with Gasteiger partial charge in [0, 0.05) is 56.5 Å². The predicted molar refractivity (Wildman–Crippen MR) is 186 cm³/mol. The van der Waals surface area contributed by atoms with Crippen LogP contribution < -0.4 is 0 Å². The van der Waals surface area contributed by atoms with Gasteiger partial charge in [-0.25, -0.2) is 15.0 Å². The Morgan fingerprint density at radius 2 is 1.17 bits per heavy atom. The van der Waals surface area contributed by atoms with Gasteiger partial charge >= 0.3 is 0 Å². The minimum Gasteiger partial charge on any atom is -0.309 e. The van der Waals surface area contributed by atoms with E-state index in [4.69, 9.17) is 15.0 Å². The van der Waals surface area contributed by atoms with Crippen molar-refractivity contribution in [2.45, 2.75) is 19.3 Å². The molecule has 3 heterocycles. The number of aromatic nitrogens is 5. The van der Waals surface area contributed by atoms with E-state index in [-0.39, 0.29) is 5.41 Å². The number of para-hydroxylation sites is 1. The summed E-state index contributed by atoms with van der Waals surface area (Å²) in [4.78, 5) is 19.4. The fourth-order valence-corrected chi connectivity index (χ4v) is 7.19. The van der Waals surface area contributed by atoms with Crippen molar-refractivity contribution in [3.05, 3.63) is 151 Å². The van der Waals surface area contributed by atoms with Gasteiger partial charge in [0.1, 0.15) is 0 Å². The van der Waals surface area contributed by atoms with Crippen LogP contribution in [0.25, 0.3) is 72.8 Å². The second-order valence-electron chi connectivity index (χ2n) is 12.4. The van der Waals surface area contributed by atoms with Crippen molar-refractivity contribution in [1.82, 2.24) is 24.5 Å². The van der Waals surface area contributed by atoms with E-state index in [1.165, 1.54) is 44.1 Å². The maximum absolute atomic E-state index is 5.02. The molecule has 0 aliphatic heterocycles. The number of pyridine rings is 1. The van der Waals surface area contributed by atoms with Gasteiger partial charge in [-0.05, 0) is 41.0 Å². The molecule has 0 N–H and O–H groups in total. The molecule has 5 heteroatoms. The zero-order valence-electron chi connectivity index (χ0n) is 25.5. The van der Waals surface area contributed by atoms with Crippen LogP contribution in [0.15, 0.2) is 140 Å². The summed E-state index contributed by atoms with van der Waals surface area (Å²) in [7, 11) is 0. The topological polar surface area (TPSA) is 56.5 Å². The van der Waals surface area contributed by atoms with Crippen LogP contribution >= 0.6 is 0 Å².